The Bertz CT molecular complexity index is 1020. The van der Waals surface area contributed by atoms with E-state index in [-0.39, 0.29) is 11.4 Å². The molecule has 2 heterocycles. The molecule has 138 valence electrons. The van der Waals surface area contributed by atoms with Crippen LogP contribution in [-0.2, 0) is 10.0 Å². The van der Waals surface area contributed by atoms with Gasteiger partial charge in [0.25, 0.3) is 0 Å². The first-order valence-corrected chi connectivity index (χ1v) is 10.1. The summed E-state index contributed by atoms with van der Waals surface area (Å²) in [5.74, 6) is 1.24. The summed E-state index contributed by atoms with van der Waals surface area (Å²) >= 11 is 0.989. The standard InChI is InChI=1S/C15H19N7O2S2/c1-10-9-13(22(2)3)19-15(18-10)16-7-8-17-26(23,24)12-6-4-5-11-14(12)21-25-20-11/h4-6,9,17H,7-8H2,1-3H3,(H,16,18,19). The van der Waals surface area contributed by atoms with Gasteiger partial charge in [-0.25, -0.2) is 18.1 Å². The summed E-state index contributed by atoms with van der Waals surface area (Å²) in [6, 6.07) is 6.78. The van der Waals surface area contributed by atoms with E-state index in [2.05, 4.69) is 28.8 Å². The highest BCUT2D eigenvalue weighted by Gasteiger charge is 2.18. The molecule has 0 spiro atoms. The van der Waals surface area contributed by atoms with Crippen LogP contribution in [0.15, 0.2) is 29.2 Å². The van der Waals surface area contributed by atoms with Crippen LogP contribution >= 0.6 is 11.7 Å². The van der Waals surface area contributed by atoms with E-state index >= 15 is 0 Å². The van der Waals surface area contributed by atoms with Gasteiger partial charge < -0.3 is 10.2 Å². The summed E-state index contributed by atoms with van der Waals surface area (Å²) < 4.78 is 35.7. The average Bonchev–Trinajstić information content (AvgIpc) is 3.06. The smallest absolute Gasteiger partial charge is 0.242 e. The zero-order valence-corrected chi connectivity index (χ0v) is 16.2. The molecule has 0 saturated heterocycles. The Balaban J connectivity index is 1.64. The molecule has 0 radical (unpaired) electrons. The van der Waals surface area contributed by atoms with Gasteiger partial charge in [-0.3, -0.25) is 0 Å². The summed E-state index contributed by atoms with van der Waals surface area (Å²) in [4.78, 5) is 10.7. The Hall–Kier alpha value is -2.37. The van der Waals surface area contributed by atoms with E-state index in [1.54, 1.807) is 12.1 Å². The molecule has 2 N–H and O–H groups in total. The Morgan fingerprint density at radius 2 is 1.96 bits per heavy atom. The second kappa shape index (κ2) is 7.48. The number of rotatable bonds is 7. The maximum atomic E-state index is 12.5. The first kappa shape index (κ1) is 18.4. The van der Waals surface area contributed by atoms with Crippen LogP contribution < -0.4 is 14.9 Å². The number of benzene rings is 1. The van der Waals surface area contributed by atoms with Gasteiger partial charge in [0, 0.05) is 38.9 Å². The SMILES string of the molecule is Cc1cc(N(C)C)nc(NCCNS(=O)(=O)c2cccc3nsnc23)n1. The zero-order chi connectivity index (χ0) is 18.7. The molecular formula is C15H19N7O2S2. The fraction of sp³-hybridized carbons (Fsp3) is 0.333. The lowest BCUT2D eigenvalue weighted by Gasteiger charge is -2.14. The third kappa shape index (κ3) is 4.06. The molecule has 0 aliphatic carbocycles. The van der Waals surface area contributed by atoms with Gasteiger partial charge in [0.15, 0.2) is 0 Å². The summed E-state index contributed by atoms with van der Waals surface area (Å²) in [7, 11) is 0.117. The van der Waals surface area contributed by atoms with Crippen LogP contribution in [0, 0.1) is 6.92 Å². The van der Waals surface area contributed by atoms with Crippen LogP contribution in [0.2, 0.25) is 0 Å². The minimum absolute atomic E-state index is 0.130. The van der Waals surface area contributed by atoms with Crippen LogP contribution in [0.4, 0.5) is 11.8 Å². The highest BCUT2D eigenvalue weighted by atomic mass is 32.2. The average molecular weight is 393 g/mol. The third-order valence-electron chi connectivity index (χ3n) is 3.54. The normalized spacial score (nSPS) is 11.7. The van der Waals surface area contributed by atoms with E-state index in [0.29, 0.717) is 23.5 Å². The minimum atomic E-state index is -3.68. The lowest BCUT2D eigenvalue weighted by atomic mass is 10.3. The van der Waals surface area contributed by atoms with Crippen molar-refractivity contribution in [3.8, 4) is 0 Å². The largest absolute Gasteiger partial charge is 0.363 e. The summed E-state index contributed by atoms with van der Waals surface area (Å²) in [5.41, 5.74) is 1.78. The van der Waals surface area contributed by atoms with Crippen LogP contribution in [0.5, 0.6) is 0 Å². The lowest BCUT2D eigenvalue weighted by Crippen LogP contribution is -2.29. The van der Waals surface area contributed by atoms with E-state index < -0.39 is 10.0 Å². The van der Waals surface area contributed by atoms with E-state index in [4.69, 9.17) is 0 Å². The Morgan fingerprint density at radius 1 is 1.15 bits per heavy atom. The van der Waals surface area contributed by atoms with Gasteiger partial charge in [0.05, 0.1) is 11.7 Å². The molecule has 0 amide bonds. The fourth-order valence-corrected chi connectivity index (χ4v) is 4.09. The monoisotopic (exact) mass is 393 g/mol. The summed E-state index contributed by atoms with van der Waals surface area (Å²) in [6.07, 6.45) is 0. The minimum Gasteiger partial charge on any atom is -0.363 e. The molecule has 1 aromatic carbocycles. The quantitative estimate of drug-likeness (QED) is 0.577. The Labute approximate surface area is 155 Å². The van der Waals surface area contributed by atoms with Crippen molar-refractivity contribution < 1.29 is 8.42 Å². The molecule has 0 saturated carbocycles. The maximum absolute atomic E-state index is 12.5. The predicted molar refractivity (Wildman–Crippen MR) is 102 cm³/mol. The first-order chi connectivity index (χ1) is 12.4. The second-order valence-corrected chi connectivity index (χ2v) is 8.06. The molecule has 0 aliphatic heterocycles. The fourth-order valence-electron chi connectivity index (χ4n) is 2.30. The number of fused-ring (bicyclic) bond motifs is 1. The van der Waals surface area contributed by atoms with Gasteiger partial charge in [-0.1, -0.05) is 6.07 Å². The van der Waals surface area contributed by atoms with Crippen molar-refractivity contribution in [1.29, 1.82) is 0 Å². The van der Waals surface area contributed by atoms with Crippen molar-refractivity contribution in [3.05, 3.63) is 30.0 Å². The number of sulfonamides is 1. The van der Waals surface area contributed by atoms with E-state index in [1.165, 1.54) is 6.07 Å². The second-order valence-electron chi connectivity index (χ2n) is 5.80. The number of hydrogen-bond donors (Lipinski definition) is 2. The highest BCUT2D eigenvalue weighted by molar-refractivity contribution is 7.89. The molecule has 11 heteroatoms. The van der Waals surface area contributed by atoms with E-state index in [0.717, 1.165) is 23.2 Å². The van der Waals surface area contributed by atoms with Gasteiger partial charge in [-0.15, -0.1) is 0 Å². The summed E-state index contributed by atoms with van der Waals surface area (Å²) in [5, 5.41) is 3.04. The molecule has 0 fully saturated rings. The van der Waals surface area contributed by atoms with Crippen molar-refractivity contribution in [2.75, 3.05) is 37.4 Å². The van der Waals surface area contributed by atoms with Crippen molar-refractivity contribution in [2.24, 2.45) is 0 Å². The molecule has 0 atom stereocenters. The molecular weight excluding hydrogens is 374 g/mol. The number of nitrogens with one attached hydrogen (secondary N) is 2. The lowest BCUT2D eigenvalue weighted by molar-refractivity contribution is 0.583. The molecule has 2 aromatic heterocycles. The van der Waals surface area contributed by atoms with Crippen LogP contribution in [0.25, 0.3) is 11.0 Å². The molecule has 9 nitrogen and oxygen atoms in total. The predicted octanol–water partition coefficient (Wildman–Crippen LogP) is 1.25. The van der Waals surface area contributed by atoms with Gasteiger partial charge in [0.2, 0.25) is 16.0 Å². The van der Waals surface area contributed by atoms with Crippen molar-refractivity contribution in [3.63, 3.8) is 0 Å². The van der Waals surface area contributed by atoms with Gasteiger partial charge in [-0.05, 0) is 19.1 Å². The van der Waals surface area contributed by atoms with Crippen molar-refractivity contribution >= 4 is 44.6 Å². The number of anilines is 2. The number of hydrogen-bond acceptors (Lipinski definition) is 9. The topological polar surface area (TPSA) is 113 Å². The number of nitrogens with zero attached hydrogens (tertiary/aromatic N) is 5. The van der Waals surface area contributed by atoms with Gasteiger partial charge >= 0.3 is 0 Å². The van der Waals surface area contributed by atoms with Crippen molar-refractivity contribution in [1.82, 2.24) is 23.4 Å². The van der Waals surface area contributed by atoms with Gasteiger partial charge in [-0.2, -0.15) is 13.7 Å². The molecule has 3 aromatic rings. The Kier molecular flexibility index (Phi) is 5.30. The van der Waals surface area contributed by atoms with Crippen LogP contribution in [0.3, 0.4) is 0 Å². The molecule has 0 bridgehead atoms. The molecule has 0 aliphatic rings. The first-order valence-electron chi connectivity index (χ1n) is 7.84. The highest BCUT2D eigenvalue weighted by Crippen LogP contribution is 2.20. The summed E-state index contributed by atoms with van der Waals surface area (Å²) in [6.45, 7) is 2.41. The number of aryl methyl sites for hydroxylation is 1. The van der Waals surface area contributed by atoms with E-state index in [9.17, 15) is 8.42 Å². The Morgan fingerprint density at radius 3 is 2.73 bits per heavy atom. The molecule has 0 unspecified atom stereocenters. The number of aromatic nitrogens is 4. The van der Waals surface area contributed by atoms with Crippen LogP contribution in [0.1, 0.15) is 5.69 Å². The maximum Gasteiger partial charge on any atom is 0.242 e. The van der Waals surface area contributed by atoms with Crippen LogP contribution in [-0.4, -0.2) is 54.3 Å². The van der Waals surface area contributed by atoms with Gasteiger partial charge in [0.1, 0.15) is 21.7 Å². The zero-order valence-electron chi connectivity index (χ0n) is 14.6. The molecule has 26 heavy (non-hydrogen) atoms. The third-order valence-corrected chi connectivity index (χ3v) is 5.57. The van der Waals surface area contributed by atoms with E-state index in [1.807, 2.05) is 32.0 Å². The molecule has 3 rings (SSSR count). The van der Waals surface area contributed by atoms with Crippen molar-refractivity contribution in [2.45, 2.75) is 11.8 Å².